The average molecular weight is 426 g/mol. The van der Waals surface area contributed by atoms with Gasteiger partial charge in [-0.15, -0.1) is 0 Å². The number of nitrogens with one attached hydrogen (secondary N) is 1. The van der Waals surface area contributed by atoms with Gasteiger partial charge in [-0.3, -0.25) is 14.5 Å². The van der Waals surface area contributed by atoms with Crippen LogP contribution in [-0.2, 0) is 11.3 Å². The number of nitrogens with zero attached hydrogens (tertiary/aromatic N) is 1. The second-order valence-corrected chi connectivity index (χ2v) is 8.05. The highest BCUT2D eigenvalue weighted by molar-refractivity contribution is 5.98. The molecule has 1 atom stereocenters. The summed E-state index contributed by atoms with van der Waals surface area (Å²) >= 11 is 0. The molecule has 0 bridgehead atoms. The van der Waals surface area contributed by atoms with Crippen molar-refractivity contribution in [3.05, 3.63) is 59.4 Å². The molecule has 1 saturated heterocycles. The van der Waals surface area contributed by atoms with E-state index in [0.717, 1.165) is 5.56 Å². The molecule has 2 heterocycles. The van der Waals surface area contributed by atoms with Crippen molar-refractivity contribution in [1.29, 1.82) is 0 Å². The molecule has 0 aliphatic carbocycles. The van der Waals surface area contributed by atoms with E-state index >= 15 is 0 Å². The summed E-state index contributed by atoms with van der Waals surface area (Å²) in [6, 6.07) is 11.2. The molecule has 7 heteroatoms. The van der Waals surface area contributed by atoms with Crippen molar-refractivity contribution in [1.82, 2.24) is 10.2 Å². The Bertz CT molecular complexity index is 939. The Morgan fingerprint density at radius 3 is 2.45 bits per heavy atom. The zero-order chi connectivity index (χ0) is 21.8. The molecule has 2 aromatic carbocycles. The van der Waals surface area contributed by atoms with Gasteiger partial charge in [0.15, 0.2) is 17.3 Å². The SMILES string of the molecule is CC(C(=O)NCc1ccc(F)cc1)N1CCC(C(=O)c2ccc3c(c2)OCCO3)CC1. The summed E-state index contributed by atoms with van der Waals surface area (Å²) in [6.45, 7) is 4.63. The van der Waals surface area contributed by atoms with Crippen molar-refractivity contribution in [2.45, 2.75) is 32.4 Å². The van der Waals surface area contributed by atoms with Crippen LogP contribution >= 0.6 is 0 Å². The Morgan fingerprint density at radius 1 is 1.06 bits per heavy atom. The van der Waals surface area contributed by atoms with E-state index in [1.54, 1.807) is 30.3 Å². The number of carbonyl (C=O) groups excluding carboxylic acids is 2. The number of ether oxygens (including phenoxy) is 2. The molecule has 164 valence electrons. The molecular weight excluding hydrogens is 399 g/mol. The van der Waals surface area contributed by atoms with Crippen molar-refractivity contribution in [2.75, 3.05) is 26.3 Å². The summed E-state index contributed by atoms with van der Waals surface area (Å²) in [6.07, 6.45) is 1.42. The monoisotopic (exact) mass is 426 g/mol. The number of carbonyl (C=O) groups is 2. The highest BCUT2D eigenvalue weighted by Gasteiger charge is 2.30. The van der Waals surface area contributed by atoms with Crippen molar-refractivity contribution >= 4 is 11.7 Å². The summed E-state index contributed by atoms with van der Waals surface area (Å²) in [7, 11) is 0. The molecule has 0 aromatic heterocycles. The second-order valence-electron chi connectivity index (χ2n) is 8.05. The first kappa shape index (κ1) is 21.3. The van der Waals surface area contributed by atoms with Crippen molar-refractivity contribution in [3.8, 4) is 11.5 Å². The molecule has 2 aromatic rings. The Kier molecular flexibility index (Phi) is 6.51. The Morgan fingerprint density at radius 2 is 1.74 bits per heavy atom. The first-order valence-electron chi connectivity index (χ1n) is 10.7. The standard InChI is InChI=1S/C24H27FN2O4/c1-16(24(29)26-15-17-2-5-20(25)6-3-17)27-10-8-18(9-11-27)23(28)19-4-7-21-22(14-19)31-13-12-30-21/h2-7,14,16,18H,8-13,15H2,1H3,(H,26,29). The van der Waals surface area contributed by atoms with Crippen LogP contribution in [0.15, 0.2) is 42.5 Å². The minimum absolute atomic E-state index is 0.0618. The number of fused-ring (bicyclic) bond motifs is 1. The third-order valence-electron chi connectivity index (χ3n) is 6.03. The first-order valence-corrected chi connectivity index (χ1v) is 10.7. The molecule has 1 fully saturated rings. The van der Waals surface area contributed by atoms with E-state index in [-0.39, 0.29) is 29.5 Å². The molecule has 1 N–H and O–H groups in total. The van der Waals surface area contributed by atoms with Gasteiger partial charge in [0, 0.05) is 18.0 Å². The van der Waals surface area contributed by atoms with E-state index in [1.165, 1.54) is 12.1 Å². The molecule has 2 aliphatic rings. The number of benzene rings is 2. The normalized spacial score (nSPS) is 17.7. The fourth-order valence-electron chi connectivity index (χ4n) is 4.09. The number of hydrogen-bond acceptors (Lipinski definition) is 5. The summed E-state index contributed by atoms with van der Waals surface area (Å²) in [5.74, 6) is 0.996. The quantitative estimate of drug-likeness (QED) is 0.719. The van der Waals surface area contributed by atoms with E-state index in [9.17, 15) is 14.0 Å². The van der Waals surface area contributed by atoms with Gasteiger partial charge in [-0.2, -0.15) is 0 Å². The van der Waals surface area contributed by atoms with Gasteiger partial charge in [-0.1, -0.05) is 12.1 Å². The largest absolute Gasteiger partial charge is 0.486 e. The van der Waals surface area contributed by atoms with Gasteiger partial charge in [0.05, 0.1) is 6.04 Å². The molecule has 31 heavy (non-hydrogen) atoms. The molecule has 0 radical (unpaired) electrons. The third-order valence-corrected chi connectivity index (χ3v) is 6.03. The average Bonchev–Trinajstić information content (AvgIpc) is 2.82. The number of amides is 1. The predicted octanol–water partition coefficient (Wildman–Crippen LogP) is 3.20. The van der Waals surface area contributed by atoms with Crippen LogP contribution < -0.4 is 14.8 Å². The van der Waals surface area contributed by atoms with E-state index in [4.69, 9.17) is 9.47 Å². The molecule has 6 nitrogen and oxygen atoms in total. The minimum Gasteiger partial charge on any atom is -0.486 e. The Hall–Kier alpha value is -2.93. The molecule has 4 rings (SSSR count). The number of likely N-dealkylation sites (tertiary alicyclic amines) is 1. The number of halogens is 1. The first-order chi connectivity index (χ1) is 15.0. The lowest BCUT2D eigenvalue weighted by Gasteiger charge is -2.34. The number of piperidine rings is 1. The van der Waals surface area contributed by atoms with Gasteiger partial charge in [0.1, 0.15) is 19.0 Å². The zero-order valence-corrected chi connectivity index (χ0v) is 17.6. The van der Waals surface area contributed by atoms with Crippen LogP contribution in [-0.4, -0.2) is 48.9 Å². The van der Waals surface area contributed by atoms with Crippen molar-refractivity contribution in [2.24, 2.45) is 5.92 Å². The van der Waals surface area contributed by atoms with Crippen LogP contribution in [0.5, 0.6) is 11.5 Å². The van der Waals surface area contributed by atoms with Crippen molar-refractivity contribution in [3.63, 3.8) is 0 Å². The highest BCUT2D eigenvalue weighted by Crippen LogP contribution is 2.32. The fraction of sp³-hybridized carbons (Fsp3) is 0.417. The van der Waals surface area contributed by atoms with Crippen LogP contribution in [0.2, 0.25) is 0 Å². The van der Waals surface area contributed by atoms with Crippen LogP contribution in [0.25, 0.3) is 0 Å². The summed E-state index contributed by atoms with van der Waals surface area (Å²) in [5, 5.41) is 2.91. The van der Waals surface area contributed by atoms with Gasteiger partial charge in [0.2, 0.25) is 5.91 Å². The van der Waals surface area contributed by atoms with E-state index in [0.29, 0.717) is 62.8 Å². The van der Waals surface area contributed by atoms with E-state index in [1.807, 2.05) is 6.92 Å². The minimum atomic E-state index is -0.294. The summed E-state index contributed by atoms with van der Waals surface area (Å²) in [5.41, 5.74) is 1.50. The van der Waals surface area contributed by atoms with Gasteiger partial charge in [-0.25, -0.2) is 4.39 Å². The molecular formula is C24H27FN2O4. The summed E-state index contributed by atoms with van der Waals surface area (Å²) in [4.78, 5) is 27.6. The number of Topliss-reactive ketones (excluding diaryl/α,β-unsaturated/α-hetero) is 1. The highest BCUT2D eigenvalue weighted by atomic mass is 19.1. The lowest BCUT2D eigenvalue weighted by atomic mass is 9.88. The van der Waals surface area contributed by atoms with Gasteiger partial charge in [0.25, 0.3) is 0 Å². The smallest absolute Gasteiger partial charge is 0.237 e. The van der Waals surface area contributed by atoms with Gasteiger partial charge in [-0.05, 0) is 68.8 Å². The lowest BCUT2D eigenvalue weighted by molar-refractivity contribution is -0.126. The maximum atomic E-state index is 13.0. The number of hydrogen-bond donors (Lipinski definition) is 1. The maximum Gasteiger partial charge on any atom is 0.237 e. The summed E-state index contributed by atoms with van der Waals surface area (Å²) < 4.78 is 24.1. The van der Waals surface area contributed by atoms with Crippen LogP contribution in [0.1, 0.15) is 35.7 Å². The van der Waals surface area contributed by atoms with E-state index < -0.39 is 0 Å². The van der Waals surface area contributed by atoms with Crippen LogP contribution in [0, 0.1) is 11.7 Å². The molecule has 2 aliphatic heterocycles. The number of ketones is 1. The molecule has 1 amide bonds. The van der Waals surface area contributed by atoms with Crippen molar-refractivity contribution < 1.29 is 23.5 Å². The molecule has 1 unspecified atom stereocenters. The second kappa shape index (κ2) is 9.47. The fourth-order valence-corrected chi connectivity index (χ4v) is 4.09. The molecule has 0 spiro atoms. The molecule has 0 saturated carbocycles. The van der Waals surface area contributed by atoms with Crippen LogP contribution in [0.4, 0.5) is 4.39 Å². The van der Waals surface area contributed by atoms with Gasteiger partial charge >= 0.3 is 0 Å². The zero-order valence-electron chi connectivity index (χ0n) is 17.6. The Balaban J connectivity index is 1.28. The third kappa shape index (κ3) is 5.05. The van der Waals surface area contributed by atoms with E-state index in [2.05, 4.69) is 10.2 Å². The number of rotatable bonds is 6. The maximum absolute atomic E-state index is 13.0. The Labute approximate surface area is 181 Å². The van der Waals surface area contributed by atoms with Gasteiger partial charge < -0.3 is 14.8 Å². The topological polar surface area (TPSA) is 67.9 Å². The van der Waals surface area contributed by atoms with Crippen LogP contribution in [0.3, 0.4) is 0 Å². The predicted molar refractivity (Wildman–Crippen MR) is 114 cm³/mol. The lowest BCUT2D eigenvalue weighted by Crippen LogP contribution is -2.48.